The first kappa shape index (κ1) is 86.7. The quantitative estimate of drug-likeness (QED) is 0.0428. The van der Waals surface area contributed by atoms with Crippen LogP contribution in [0.15, 0.2) is 200 Å². The van der Waals surface area contributed by atoms with Crippen molar-refractivity contribution < 1.29 is 157 Å². The van der Waals surface area contributed by atoms with E-state index < -0.39 is 169 Å². The van der Waals surface area contributed by atoms with Gasteiger partial charge in [0.2, 0.25) is 0 Å². The largest absolute Gasteiger partial charge is 0.507 e. The van der Waals surface area contributed by atoms with Crippen molar-refractivity contribution in [3.05, 3.63) is 251 Å². The molecule has 16 atom stereocenters. The van der Waals surface area contributed by atoms with Crippen LogP contribution in [-0.2, 0) is 95.0 Å². The third-order valence-electron chi connectivity index (χ3n) is 19.8. The van der Waals surface area contributed by atoms with Crippen molar-refractivity contribution in [3.8, 4) is 28.7 Å². The minimum absolute atomic E-state index is 0.0361. The molecule has 0 saturated carbocycles. The van der Waals surface area contributed by atoms with E-state index >= 15 is 0 Å². The lowest BCUT2D eigenvalue weighted by atomic mass is 10.1. The van der Waals surface area contributed by atoms with E-state index in [9.17, 15) is 62.6 Å². The summed E-state index contributed by atoms with van der Waals surface area (Å²) in [6, 6.07) is 50.2. The number of hydrogen-bond donors (Lipinski definition) is 1. The van der Waals surface area contributed by atoms with Crippen molar-refractivity contribution in [1.82, 2.24) is 4.98 Å². The van der Waals surface area contributed by atoms with Gasteiger partial charge in [-0.3, -0.25) is 24.2 Å². The van der Waals surface area contributed by atoms with Crippen LogP contribution in [0.3, 0.4) is 0 Å². The number of aromatic nitrogens is 1. The second-order valence-corrected chi connectivity index (χ2v) is 28.2. The molecule has 8 saturated heterocycles. The number of nitrogens with zero attached hydrogens (tertiary/aromatic N) is 1. The SMILES string of the molecule is CC(=O)Oc1ccccc1C(=O)OC1CO[C@H]2[C@@H]1OC[C@H]2OC(=O)c1ccccc1.CC(=O)Oc1ccccc1C(=O)OC1CO[C@H]2[C@@H]1OC[C@H]2OC(=O)c1ccccc1C.CC(=O)Oc1ccccc1C(=O)OC1CO[C@H]2[C@@H]1OC[C@H]2OC(=O)c1ccccc1O.CC(=O)Oc1ccccc1C(=O)OC1CO[C@H]2[C@@H]1OC[C@H]2OC(=O)c1cccnc1. The van der Waals surface area contributed by atoms with Crippen LogP contribution < -0.4 is 18.9 Å². The molecular weight excluding hydrogens is 1600 g/mol. The highest BCUT2D eigenvalue weighted by atomic mass is 16.7. The second kappa shape index (κ2) is 40.2. The van der Waals surface area contributed by atoms with Gasteiger partial charge in [0.1, 0.15) is 105 Å². The smallest absolute Gasteiger partial charge is 0.342 e. The molecule has 0 spiro atoms. The zero-order valence-electron chi connectivity index (χ0n) is 65.9. The third kappa shape index (κ3) is 21.3. The highest BCUT2D eigenvalue weighted by Gasteiger charge is 2.55. The van der Waals surface area contributed by atoms with E-state index in [0.29, 0.717) is 16.7 Å². The highest BCUT2D eigenvalue weighted by Crippen LogP contribution is 2.38. The van der Waals surface area contributed by atoms with Gasteiger partial charge in [0.05, 0.1) is 69.5 Å². The van der Waals surface area contributed by atoms with Crippen LogP contribution >= 0.6 is 0 Å². The predicted octanol–water partition coefficient (Wildman–Crippen LogP) is 8.05. The molecule has 1 N–H and O–H groups in total. The van der Waals surface area contributed by atoms with Crippen LogP contribution in [0.5, 0.6) is 28.7 Å². The zero-order valence-corrected chi connectivity index (χ0v) is 65.9. The topological polar surface area (TPSA) is 423 Å². The number of rotatable bonds is 20. The molecule has 0 aliphatic carbocycles. The number of carbonyl (C=O) groups is 12. The first-order valence-electron chi connectivity index (χ1n) is 38.4. The van der Waals surface area contributed by atoms with Crippen molar-refractivity contribution in [2.24, 2.45) is 0 Å². The second-order valence-electron chi connectivity index (χ2n) is 28.2. The van der Waals surface area contributed by atoms with Gasteiger partial charge < -0.3 is 99.8 Å². The average Bonchev–Trinajstić information content (AvgIpc) is 1.65. The van der Waals surface area contributed by atoms with Gasteiger partial charge in [-0.15, -0.1) is 0 Å². The molecule has 636 valence electrons. The summed E-state index contributed by atoms with van der Waals surface area (Å²) in [5.74, 6) is -6.75. The number of esters is 12. The van der Waals surface area contributed by atoms with Crippen LogP contribution in [0.25, 0.3) is 0 Å². The summed E-state index contributed by atoms with van der Waals surface area (Å²) in [5, 5.41) is 9.82. The number of carbonyl (C=O) groups excluding carboxylic acids is 12. The van der Waals surface area contributed by atoms with Crippen molar-refractivity contribution in [1.29, 1.82) is 0 Å². The van der Waals surface area contributed by atoms with Crippen LogP contribution in [0.1, 0.15) is 116 Å². The maximum Gasteiger partial charge on any atom is 0.342 e. The summed E-state index contributed by atoms with van der Waals surface area (Å²) < 4.78 is 110. The Morgan fingerprint density at radius 2 is 0.500 bits per heavy atom. The first-order valence-corrected chi connectivity index (χ1v) is 38.4. The number of hydrogen-bond acceptors (Lipinski definition) is 34. The van der Waals surface area contributed by atoms with Gasteiger partial charge in [-0.2, -0.15) is 0 Å². The zero-order chi connectivity index (χ0) is 86.1. The van der Waals surface area contributed by atoms with Gasteiger partial charge in [-0.05, 0) is 103 Å². The lowest BCUT2D eigenvalue weighted by Crippen LogP contribution is -2.36. The first-order chi connectivity index (χ1) is 58.9. The Bertz CT molecular complexity index is 4840. The monoisotopic (exact) mass is 1680 g/mol. The number of phenolic OH excluding ortho intramolecular Hbond substituents is 1. The van der Waals surface area contributed by atoms with Gasteiger partial charge >= 0.3 is 71.6 Å². The van der Waals surface area contributed by atoms with Gasteiger partial charge in [0.15, 0.2) is 48.8 Å². The van der Waals surface area contributed by atoms with Crippen molar-refractivity contribution in [2.45, 2.75) is 132 Å². The Kier molecular flexibility index (Phi) is 28.6. The number of ether oxygens (including phenoxy) is 20. The normalized spacial score (nSPS) is 24.5. The molecule has 7 aromatic carbocycles. The summed E-state index contributed by atoms with van der Waals surface area (Å²) in [6.07, 6.45) is -6.85. The Hall–Kier alpha value is -13.2. The Balaban J connectivity index is 0.000000140. The number of para-hydroxylation sites is 5. The minimum atomic E-state index is -0.725. The van der Waals surface area contributed by atoms with Crippen LogP contribution in [0.4, 0.5) is 0 Å². The number of phenols is 1. The van der Waals surface area contributed by atoms with Crippen LogP contribution in [0, 0.1) is 6.92 Å². The van der Waals surface area contributed by atoms with E-state index in [1.165, 1.54) is 94.6 Å². The number of aryl methyl sites for hydroxylation is 1. The Morgan fingerprint density at radius 1 is 0.270 bits per heavy atom. The Labute approximate surface area is 695 Å². The molecule has 1 aromatic heterocycles. The summed E-state index contributed by atoms with van der Waals surface area (Å²) >= 11 is 0. The van der Waals surface area contributed by atoms with Crippen molar-refractivity contribution in [3.63, 3.8) is 0 Å². The summed E-state index contributed by atoms with van der Waals surface area (Å²) in [6.45, 7) is 7.66. The van der Waals surface area contributed by atoms with Crippen LogP contribution in [-0.4, -0.2) is 232 Å². The predicted molar refractivity (Wildman–Crippen MR) is 413 cm³/mol. The van der Waals surface area contributed by atoms with Gasteiger partial charge in [0, 0.05) is 40.1 Å². The lowest BCUT2D eigenvalue weighted by molar-refractivity contribution is -0.132. The van der Waals surface area contributed by atoms with Crippen molar-refractivity contribution in [2.75, 3.05) is 52.9 Å². The third-order valence-corrected chi connectivity index (χ3v) is 19.8. The summed E-state index contributed by atoms with van der Waals surface area (Å²) in [4.78, 5) is 149. The molecule has 8 aliphatic rings. The molecule has 0 radical (unpaired) electrons. The van der Waals surface area contributed by atoms with E-state index in [1.54, 1.807) is 115 Å². The van der Waals surface area contributed by atoms with E-state index in [4.69, 9.17) is 94.7 Å². The summed E-state index contributed by atoms with van der Waals surface area (Å²) in [5.41, 5.74) is 2.56. The molecule has 34 nitrogen and oxygen atoms in total. The standard InChI is InChI=1S/C23H22O8.C22H20O9.C22H20O8.C21H19NO8/c1-13-7-3-4-8-15(13)22(25)30-18-11-27-21-19(12-28-20(18)21)31-23(26)16-9-5-6-10-17(16)29-14(2)24;1-12(23)29-16-9-5-3-7-14(16)22(26)31-18-11-28-19-17(10-27-20(18)19)30-21(25)13-6-2-4-8-15(13)24;1-13(23)28-16-10-6-5-9-15(16)22(25)30-18-12-27-19-17(11-26-20(18)19)29-21(24)14-7-3-2-4-8-14;1-12(23)28-15-7-3-2-6-14(15)21(25)30-17-11-27-18-16(10-26-19(17)18)29-20(24)13-5-4-8-22-9-13/h3-10,18-21H,11-12H2,1-2H3;2-9,17-20,24H,10-11H2,1H3;2-10,17-20H,11-12H2,1H3;2-9,16-19H,10-11H2,1H3/t18-,19?,20-,21-;2*17-,18?,19-,20-;16-,17?,18-,19-/m1111/s1. The maximum absolute atomic E-state index is 12.7. The molecule has 8 aliphatic heterocycles. The molecule has 8 aromatic rings. The maximum atomic E-state index is 12.7. The molecule has 122 heavy (non-hydrogen) atoms. The number of fused-ring (bicyclic) bond motifs is 4. The van der Waals surface area contributed by atoms with Crippen LogP contribution in [0.2, 0.25) is 0 Å². The fourth-order valence-corrected chi connectivity index (χ4v) is 14.2. The fraction of sp³-hybridized carbons (Fsp3) is 0.330. The minimum Gasteiger partial charge on any atom is -0.507 e. The molecule has 4 unspecified atom stereocenters. The lowest BCUT2D eigenvalue weighted by Gasteiger charge is -2.18. The molecule has 8 fully saturated rings. The average molecular weight is 1680 g/mol. The molecule has 9 heterocycles. The number of pyridine rings is 1. The van der Waals surface area contributed by atoms with Gasteiger partial charge in [-0.1, -0.05) is 97.1 Å². The van der Waals surface area contributed by atoms with E-state index in [1.807, 2.05) is 25.1 Å². The summed E-state index contributed by atoms with van der Waals surface area (Å²) in [7, 11) is 0. The number of benzene rings is 7. The van der Waals surface area contributed by atoms with Gasteiger partial charge in [0.25, 0.3) is 0 Å². The van der Waals surface area contributed by atoms with E-state index in [0.717, 1.165) is 5.56 Å². The molecular formula is C88H81NO33. The van der Waals surface area contributed by atoms with Crippen molar-refractivity contribution >= 4 is 71.6 Å². The molecule has 0 amide bonds. The van der Waals surface area contributed by atoms with E-state index in [2.05, 4.69) is 4.98 Å². The molecule has 34 heteroatoms. The number of aromatic hydroxyl groups is 1. The molecule has 16 rings (SSSR count). The fourth-order valence-electron chi connectivity index (χ4n) is 14.2. The molecule has 0 bridgehead atoms. The van der Waals surface area contributed by atoms with Gasteiger partial charge in [-0.25, -0.2) is 38.4 Å². The Morgan fingerprint density at radius 3 is 0.779 bits per heavy atom. The highest BCUT2D eigenvalue weighted by molar-refractivity contribution is 5.97. The van der Waals surface area contributed by atoms with E-state index in [-0.39, 0.29) is 109 Å².